The van der Waals surface area contributed by atoms with E-state index < -0.39 is 9.84 Å². The lowest BCUT2D eigenvalue weighted by atomic mass is 10.2. The van der Waals surface area contributed by atoms with E-state index in [-0.39, 0.29) is 34.1 Å². The number of sulfone groups is 1. The molecule has 9 heteroatoms. The Morgan fingerprint density at radius 1 is 1.38 bits per heavy atom. The molecule has 0 saturated carbocycles. The van der Waals surface area contributed by atoms with Crippen LogP contribution in [0.5, 0.6) is 0 Å². The fourth-order valence-electron chi connectivity index (χ4n) is 2.47. The molecule has 0 bridgehead atoms. The predicted octanol–water partition coefficient (Wildman–Crippen LogP) is 1.83. The fraction of sp³-hybridized carbons (Fsp3) is 0.529. The van der Waals surface area contributed by atoms with Crippen molar-refractivity contribution in [3.8, 4) is 0 Å². The van der Waals surface area contributed by atoms with Gasteiger partial charge in [-0.3, -0.25) is 9.59 Å². The minimum absolute atomic E-state index is 0.106. The average molecular weight is 401 g/mol. The summed E-state index contributed by atoms with van der Waals surface area (Å²) < 4.78 is 29.8. The van der Waals surface area contributed by atoms with E-state index in [9.17, 15) is 18.0 Å². The topological polar surface area (TPSA) is 102 Å². The molecule has 26 heavy (non-hydrogen) atoms. The minimum Gasteiger partial charge on any atom is -0.385 e. The summed E-state index contributed by atoms with van der Waals surface area (Å²) in [5.74, 6) is -0.701. The quantitative estimate of drug-likeness (QED) is 0.613. The number of carbonyl (C=O) groups excluding carboxylic acids is 2. The molecule has 1 atom stereocenters. The molecule has 1 aliphatic rings. The van der Waals surface area contributed by atoms with Gasteiger partial charge in [-0.2, -0.15) is 0 Å². The summed E-state index contributed by atoms with van der Waals surface area (Å²) in [5, 5.41) is 5.27. The smallest absolute Gasteiger partial charge is 0.237 e. The standard InChI is InChI=1S/C17H24N2O5S2/c1-3-14-17(21)19-13-11-12(5-6-15(13)25-14)26(22,23)10-7-16(20)18-8-4-9-24-2/h5-6,11,14H,3-4,7-10H2,1-2H3,(H,18,20)(H,19,21)/t14-/m0/s1. The van der Waals surface area contributed by atoms with Crippen molar-refractivity contribution in [2.45, 2.75) is 41.2 Å². The van der Waals surface area contributed by atoms with Crippen molar-refractivity contribution in [2.75, 3.05) is 31.3 Å². The lowest BCUT2D eigenvalue weighted by Crippen LogP contribution is -2.28. The molecule has 144 valence electrons. The molecule has 0 unspecified atom stereocenters. The molecule has 0 fully saturated rings. The van der Waals surface area contributed by atoms with Crippen molar-refractivity contribution in [3.63, 3.8) is 0 Å². The van der Waals surface area contributed by atoms with Gasteiger partial charge in [-0.25, -0.2) is 8.42 Å². The molecule has 0 saturated heterocycles. The van der Waals surface area contributed by atoms with Crippen LogP contribution in [0.1, 0.15) is 26.2 Å². The molecule has 7 nitrogen and oxygen atoms in total. The zero-order chi connectivity index (χ0) is 19.2. The number of benzene rings is 1. The number of fused-ring (bicyclic) bond motifs is 1. The fourth-order valence-corrected chi connectivity index (χ4v) is 4.75. The Balaban J connectivity index is 1.98. The van der Waals surface area contributed by atoms with E-state index in [0.717, 1.165) is 4.90 Å². The number of methoxy groups -OCH3 is 1. The molecule has 0 aliphatic carbocycles. The van der Waals surface area contributed by atoms with Crippen molar-refractivity contribution < 1.29 is 22.7 Å². The second-order valence-corrected chi connectivity index (χ2v) is 9.28. The van der Waals surface area contributed by atoms with Gasteiger partial charge in [-0.1, -0.05) is 6.92 Å². The highest BCUT2D eigenvalue weighted by Gasteiger charge is 2.27. The number of amides is 2. The Kier molecular flexibility index (Phi) is 7.48. The molecule has 1 aromatic rings. The van der Waals surface area contributed by atoms with Crippen LogP contribution in [-0.2, 0) is 24.2 Å². The van der Waals surface area contributed by atoms with Crippen molar-refractivity contribution in [1.82, 2.24) is 5.32 Å². The van der Waals surface area contributed by atoms with Crippen LogP contribution in [0.25, 0.3) is 0 Å². The third-order valence-corrected chi connectivity index (χ3v) is 7.10. The molecular formula is C17H24N2O5S2. The van der Waals surface area contributed by atoms with Gasteiger partial charge in [-0.15, -0.1) is 11.8 Å². The summed E-state index contributed by atoms with van der Waals surface area (Å²) in [6.07, 6.45) is 1.27. The Morgan fingerprint density at radius 3 is 2.85 bits per heavy atom. The monoisotopic (exact) mass is 400 g/mol. The number of nitrogens with one attached hydrogen (secondary N) is 2. The number of ether oxygens (including phenoxy) is 1. The van der Waals surface area contributed by atoms with Crippen molar-refractivity contribution in [2.24, 2.45) is 0 Å². The first kappa shape index (κ1) is 20.7. The lowest BCUT2D eigenvalue weighted by Gasteiger charge is -2.23. The van der Waals surface area contributed by atoms with Crippen LogP contribution in [0.2, 0.25) is 0 Å². The van der Waals surface area contributed by atoms with E-state index in [4.69, 9.17) is 4.74 Å². The lowest BCUT2D eigenvalue weighted by molar-refractivity contribution is -0.120. The molecule has 1 aliphatic heterocycles. The van der Waals surface area contributed by atoms with Crippen LogP contribution in [0.3, 0.4) is 0 Å². The third kappa shape index (κ3) is 5.46. The van der Waals surface area contributed by atoms with E-state index >= 15 is 0 Å². The van der Waals surface area contributed by atoms with Crippen LogP contribution in [0.4, 0.5) is 5.69 Å². The molecule has 1 aromatic carbocycles. The highest BCUT2D eigenvalue weighted by Crippen LogP contribution is 2.38. The van der Waals surface area contributed by atoms with Gasteiger partial charge in [0, 0.05) is 31.6 Å². The van der Waals surface area contributed by atoms with E-state index in [2.05, 4.69) is 10.6 Å². The van der Waals surface area contributed by atoms with Gasteiger partial charge in [0.1, 0.15) is 0 Å². The van der Waals surface area contributed by atoms with Crippen molar-refractivity contribution >= 4 is 39.1 Å². The maximum Gasteiger partial charge on any atom is 0.237 e. The van der Waals surface area contributed by atoms with Gasteiger partial charge in [0.2, 0.25) is 11.8 Å². The Morgan fingerprint density at radius 2 is 2.15 bits per heavy atom. The van der Waals surface area contributed by atoms with Crippen molar-refractivity contribution in [3.05, 3.63) is 18.2 Å². The molecule has 0 radical (unpaired) electrons. The number of hydrogen-bond acceptors (Lipinski definition) is 6. The highest BCUT2D eigenvalue weighted by atomic mass is 32.2. The highest BCUT2D eigenvalue weighted by molar-refractivity contribution is 8.01. The minimum atomic E-state index is -3.61. The largest absolute Gasteiger partial charge is 0.385 e. The summed E-state index contributed by atoms with van der Waals surface area (Å²) in [4.78, 5) is 24.7. The third-order valence-electron chi connectivity index (χ3n) is 3.95. The number of rotatable bonds is 9. The first-order valence-electron chi connectivity index (χ1n) is 8.47. The van der Waals surface area contributed by atoms with E-state index in [1.807, 2.05) is 6.92 Å². The van der Waals surface area contributed by atoms with E-state index in [1.54, 1.807) is 13.2 Å². The van der Waals surface area contributed by atoms with E-state index in [0.29, 0.717) is 31.7 Å². The normalized spacial score (nSPS) is 16.7. The van der Waals surface area contributed by atoms with Gasteiger partial charge in [0.05, 0.1) is 21.6 Å². The first-order chi connectivity index (χ1) is 12.4. The summed E-state index contributed by atoms with van der Waals surface area (Å²) >= 11 is 1.43. The van der Waals surface area contributed by atoms with Crippen LogP contribution < -0.4 is 10.6 Å². The van der Waals surface area contributed by atoms with Gasteiger partial charge >= 0.3 is 0 Å². The second kappa shape index (κ2) is 9.38. The maximum absolute atomic E-state index is 12.5. The zero-order valence-electron chi connectivity index (χ0n) is 14.9. The number of carbonyl (C=O) groups is 2. The maximum atomic E-state index is 12.5. The second-order valence-electron chi connectivity index (χ2n) is 5.93. The zero-order valence-corrected chi connectivity index (χ0v) is 16.5. The average Bonchev–Trinajstić information content (AvgIpc) is 2.62. The van der Waals surface area contributed by atoms with Crippen LogP contribution in [0.15, 0.2) is 28.0 Å². The molecule has 2 N–H and O–H groups in total. The van der Waals surface area contributed by atoms with Gasteiger partial charge < -0.3 is 15.4 Å². The molecule has 0 aromatic heterocycles. The van der Waals surface area contributed by atoms with Crippen LogP contribution in [0, 0.1) is 0 Å². The summed E-state index contributed by atoms with van der Waals surface area (Å²) in [5.41, 5.74) is 0.509. The summed E-state index contributed by atoms with van der Waals surface area (Å²) in [6, 6.07) is 4.71. The molecule has 2 rings (SSSR count). The molecule has 0 spiro atoms. The number of hydrogen-bond donors (Lipinski definition) is 2. The summed E-state index contributed by atoms with van der Waals surface area (Å²) in [6.45, 7) is 2.92. The Hall–Kier alpha value is -1.58. The molecule has 2 amide bonds. The van der Waals surface area contributed by atoms with Gasteiger partial charge in [0.15, 0.2) is 9.84 Å². The SMILES string of the molecule is CC[C@@H]1Sc2ccc(S(=O)(=O)CCC(=O)NCCCOC)cc2NC1=O. The Bertz CT molecular complexity index is 764. The predicted molar refractivity (Wildman–Crippen MR) is 101 cm³/mol. The Labute approximate surface area is 158 Å². The van der Waals surface area contributed by atoms with Crippen LogP contribution >= 0.6 is 11.8 Å². The number of anilines is 1. The number of thioether (sulfide) groups is 1. The van der Waals surface area contributed by atoms with Gasteiger partial charge in [-0.05, 0) is 31.0 Å². The van der Waals surface area contributed by atoms with E-state index in [1.165, 1.54) is 23.9 Å². The van der Waals surface area contributed by atoms with Crippen molar-refractivity contribution in [1.29, 1.82) is 0 Å². The molecule has 1 heterocycles. The molecular weight excluding hydrogens is 376 g/mol. The van der Waals surface area contributed by atoms with Crippen LogP contribution in [-0.4, -0.2) is 51.5 Å². The summed E-state index contributed by atoms with van der Waals surface area (Å²) in [7, 11) is -2.03. The van der Waals surface area contributed by atoms with Gasteiger partial charge in [0.25, 0.3) is 0 Å². The first-order valence-corrected chi connectivity index (χ1v) is 11.0.